The Morgan fingerprint density at radius 2 is 1.67 bits per heavy atom. The van der Waals surface area contributed by atoms with Crippen LogP contribution >= 0.6 is 11.8 Å². The van der Waals surface area contributed by atoms with Crippen LogP contribution in [0.15, 0.2) is 0 Å². The summed E-state index contributed by atoms with van der Waals surface area (Å²) in [6.45, 7) is 8.36. The smallest absolute Gasteiger partial charge is 0.00662 e. The zero-order valence-electron chi connectivity index (χ0n) is 13.4. The highest BCUT2D eigenvalue weighted by molar-refractivity contribution is 7.99. The van der Waals surface area contributed by atoms with Gasteiger partial charge in [-0.3, -0.25) is 0 Å². The van der Waals surface area contributed by atoms with Gasteiger partial charge in [0, 0.05) is 12.3 Å². The summed E-state index contributed by atoms with van der Waals surface area (Å²) in [5, 5.41) is 0. The van der Waals surface area contributed by atoms with Gasteiger partial charge in [-0.1, -0.05) is 52.9 Å². The predicted molar refractivity (Wildman–Crippen MR) is 87.7 cm³/mol. The van der Waals surface area contributed by atoms with Crippen molar-refractivity contribution < 1.29 is 0 Å². The average molecular weight is 274 g/mol. The average Bonchev–Trinajstić information content (AvgIpc) is 2.34. The zero-order valence-corrected chi connectivity index (χ0v) is 14.2. The second kappa shape index (κ2) is 11.2. The molecule has 1 atom stereocenters. The maximum absolute atomic E-state index is 2.49. The SMILES string of the molecule is CCCCCCC(C)(CC)CCSCCN(C)C. The van der Waals surface area contributed by atoms with Crippen LogP contribution in [0.3, 0.4) is 0 Å². The van der Waals surface area contributed by atoms with Crippen molar-refractivity contribution >= 4 is 11.8 Å². The fourth-order valence-corrected chi connectivity index (χ4v) is 3.46. The lowest BCUT2D eigenvalue weighted by atomic mass is 9.80. The summed E-state index contributed by atoms with van der Waals surface area (Å²) in [4.78, 5) is 2.27. The normalized spacial score (nSPS) is 15.0. The summed E-state index contributed by atoms with van der Waals surface area (Å²) in [6.07, 6.45) is 9.79. The van der Waals surface area contributed by atoms with Crippen LogP contribution < -0.4 is 0 Å². The van der Waals surface area contributed by atoms with Crippen molar-refractivity contribution in [1.82, 2.24) is 4.90 Å². The lowest BCUT2D eigenvalue weighted by Gasteiger charge is -2.28. The molecular weight excluding hydrogens is 238 g/mol. The molecule has 110 valence electrons. The first-order chi connectivity index (χ1) is 8.54. The molecule has 0 spiro atoms. The van der Waals surface area contributed by atoms with E-state index in [1.807, 2.05) is 0 Å². The summed E-state index contributed by atoms with van der Waals surface area (Å²) in [6, 6.07) is 0. The summed E-state index contributed by atoms with van der Waals surface area (Å²) in [7, 11) is 4.31. The van der Waals surface area contributed by atoms with Crippen LogP contribution in [0.2, 0.25) is 0 Å². The standard InChI is InChI=1S/C16H35NS/c1-6-8-9-10-11-16(3,7-2)12-14-18-15-13-17(4)5/h6-15H2,1-5H3. The first-order valence-corrected chi connectivity index (χ1v) is 8.92. The van der Waals surface area contributed by atoms with Gasteiger partial charge >= 0.3 is 0 Å². The number of unbranched alkanes of at least 4 members (excludes halogenated alkanes) is 3. The minimum atomic E-state index is 0.596. The third kappa shape index (κ3) is 10.3. The minimum absolute atomic E-state index is 0.596. The highest BCUT2D eigenvalue weighted by Crippen LogP contribution is 2.33. The molecule has 1 nitrogen and oxygen atoms in total. The third-order valence-corrected chi connectivity index (χ3v) is 4.98. The molecule has 0 aromatic rings. The third-order valence-electron chi connectivity index (χ3n) is 4.02. The van der Waals surface area contributed by atoms with Gasteiger partial charge in [0.1, 0.15) is 0 Å². The minimum Gasteiger partial charge on any atom is -0.309 e. The van der Waals surface area contributed by atoms with Crippen LogP contribution in [0.25, 0.3) is 0 Å². The van der Waals surface area contributed by atoms with E-state index in [4.69, 9.17) is 0 Å². The lowest BCUT2D eigenvalue weighted by Crippen LogP contribution is -2.18. The van der Waals surface area contributed by atoms with Crippen molar-refractivity contribution in [3.63, 3.8) is 0 Å². The van der Waals surface area contributed by atoms with E-state index in [9.17, 15) is 0 Å². The molecule has 0 N–H and O–H groups in total. The van der Waals surface area contributed by atoms with Crippen molar-refractivity contribution in [2.24, 2.45) is 5.41 Å². The second-order valence-corrected chi connectivity index (χ2v) is 7.37. The zero-order chi connectivity index (χ0) is 13.9. The van der Waals surface area contributed by atoms with Crippen LogP contribution in [0.4, 0.5) is 0 Å². The number of hydrogen-bond donors (Lipinski definition) is 0. The fraction of sp³-hybridized carbons (Fsp3) is 1.00. The van der Waals surface area contributed by atoms with Gasteiger partial charge in [-0.25, -0.2) is 0 Å². The van der Waals surface area contributed by atoms with Crippen molar-refractivity contribution in [2.45, 2.75) is 65.7 Å². The molecule has 0 aromatic carbocycles. The molecule has 0 radical (unpaired) electrons. The topological polar surface area (TPSA) is 3.24 Å². The molecule has 0 saturated heterocycles. The molecule has 0 amide bonds. The Bertz CT molecular complexity index is 182. The van der Waals surface area contributed by atoms with E-state index in [1.165, 1.54) is 63.0 Å². The fourth-order valence-electron chi connectivity index (χ4n) is 2.12. The van der Waals surface area contributed by atoms with E-state index < -0.39 is 0 Å². The number of rotatable bonds is 12. The Morgan fingerprint density at radius 3 is 2.22 bits per heavy atom. The maximum Gasteiger partial charge on any atom is 0.00662 e. The summed E-state index contributed by atoms with van der Waals surface area (Å²) in [5.74, 6) is 2.62. The van der Waals surface area contributed by atoms with Gasteiger partial charge < -0.3 is 4.90 Å². The van der Waals surface area contributed by atoms with Crippen LogP contribution in [0.1, 0.15) is 65.7 Å². The van der Waals surface area contributed by atoms with Gasteiger partial charge in [-0.05, 0) is 38.1 Å². The molecule has 0 saturated carbocycles. The quantitative estimate of drug-likeness (QED) is 0.457. The molecule has 1 unspecified atom stereocenters. The highest BCUT2D eigenvalue weighted by Gasteiger charge is 2.20. The first-order valence-electron chi connectivity index (χ1n) is 7.76. The molecule has 0 heterocycles. The molecule has 0 aliphatic carbocycles. The second-order valence-electron chi connectivity index (χ2n) is 6.14. The van der Waals surface area contributed by atoms with Gasteiger partial charge in [0.25, 0.3) is 0 Å². The largest absolute Gasteiger partial charge is 0.309 e. The van der Waals surface area contributed by atoms with Crippen molar-refractivity contribution in [3.05, 3.63) is 0 Å². The van der Waals surface area contributed by atoms with Crippen molar-refractivity contribution in [3.8, 4) is 0 Å². The molecule has 0 bridgehead atoms. The number of thioether (sulfide) groups is 1. The number of hydrogen-bond acceptors (Lipinski definition) is 2. The van der Waals surface area contributed by atoms with E-state index in [0.29, 0.717) is 5.41 Å². The first kappa shape index (κ1) is 18.3. The van der Waals surface area contributed by atoms with Gasteiger partial charge in [0.15, 0.2) is 0 Å². The monoisotopic (exact) mass is 273 g/mol. The van der Waals surface area contributed by atoms with E-state index in [1.54, 1.807) is 0 Å². The predicted octanol–water partition coefficient (Wildman–Crippen LogP) is 5.06. The van der Waals surface area contributed by atoms with Crippen molar-refractivity contribution in [1.29, 1.82) is 0 Å². The summed E-state index contributed by atoms with van der Waals surface area (Å²) in [5.41, 5.74) is 0.596. The molecule has 0 fully saturated rings. The van der Waals surface area contributed by atoms with Crippen LogP contribution in [-0.4, -0.2) is 37.0 Å². The molecular formula is C16H35NS. The Morgan fingerprint density at radius 1 is 0.944 bits per heavy atom. The van der Waals surface area contributed by atoms with Gasteiger partial charge in [-0.2, -0.15) is 11.8 Å². The van der Waals surface area contributed by atoms with Crippen LogP contribution in [0.5, 0.6) is 0 Å². The molecule has 0 rings (SSSR count). The Hall–Kier alpha value is 0.310. The Kier molecular flexibility index (Phi) is 11.4. The highest BCUT2D eigenvalue weighted by atomic mass is 32.2. The Labute approximate surface area is 120 Å². The van der Waals surface area contributed by atoms with E-state index >= 15 is 0 Å². The van der Waals surface area contributed by atoms with Gasteiger partial charge in [0.2, 0.25) is 0 Å². The van der Waals surface area contributed by atoms with Crippen molar-refractivity contribution in [2.75, 3.05) is 32.1 Å². The van der Waals surface area contributed by atoms with E-state index in [-0.39, 0.29) is 0 Å². The molecule has 2 heteroatoms. The molecule has 0 aliphatic heterocycles. The lowest BCUT2D eigenvalue weighted by molar-refractivity contribution is 0.264. The van der Waals surface area contributed by atoms with E-state index in [2.05, 4.69) is 51.5 Å². The van der Waals surface area contributed by atoms with Crippen LogP contribution in [0, 0.1) is 5.41 Å². The Balaban J connectivity index is 3.65. The maximum atomic E-state index is 2.49. The van der Waals surface area contributed by atoms with Crippen LogP contribution in [-0.2, 0) is 0 Å². The summed E-state index contributed by atoms with van der Waals surface area (Å²) >= 11 is 2.13. The molecule has 0 aliphatic rings. The number of nitrogens with zero attached hydrogens (tertiary/aromatic N) is 1. The van der Waals surface area contributed by atoms with Gasteiger partial charge in [0.05, 0.1) is 0 Å². The van der Waals surface area contributed by atoms with Gasteiger partial charge in [-0.15, -0.1) is 0 Å². The van der Waals surface area contributed by atoms with E-state index in [0.717, 1.165) is 0 Å². The molecule has 18 heavy (non-hydrogen) atoms. The summed E-state index contributed by atoms with van der Waals surface area (Å²) < 4.78 is 0. The molecule has 0 aromatic heterocycles.